The summed E-state index contributed by atoms with van der Waals surface area (Å²) in [7, 11) is 0. The summed E-state index contributed by atoms with van der Waals surface area (Å²) in [6.45, 7) is 2.46. The van der Waals surface area contributed by atoms with Crippen LogP contribution in [0.4, 0.5) is 0 Å². The van der Waals surface area contributed by atoms with Crippen molar-refractivity contribution in [3.8, 4) is 5.69 Å². The van der Waals surface area contributed by atoms with E-state index in [-0.39, 0.29) is 40.4 Å². The van der Waals surface area contributed by atoms with Crippen molar-refractivity contribution in [2.24, 2.45) is 0 Å². The van der Waals surface area contributed by atoms with E-state index in [1.807, 2.05) is 34.1 Å². The molecule has 11 nitrogen and oxygen atoms in total. The van der Waals surface area contributed by atoms with E-state index in [2.05, 4.69) is 27.5 Å². The molecule has 12 heteroatoms. The standard InChI is InChI=1S/C38H35ClN6O5/c39-27-9-7-25(8-10-27)31-20-38(31,42-36(48)34-19-32(46)30-18-28(11-12-33(30)50-34)45-23-40-22-41-45)37(49)43-16-13-24(14-17-43)29-5-2-1-4-26(29)21-44-15-3-6-35(44)47/h1-2,4-5,7-12,18-19,22-24,31H,3,6,13-17,20-21H2,(H,42,48). The van der Waals surface area contributed by atoms with Crippen LogP contribution in [0.25, 0.3) is 16.7 Å². The lowest BCUT2D eigenvalue weighted by molar-refractivity contribution is -0.135. The molecule has 1 N–H and O–H groups in total. The third-order valence-electron chi connectivity index (χ3n) is 10.4. The largest absolute Gasteiger partial charge is 0.451 e. The van der Waals surface area contributed by atoms with E-state index < -0.39 is 11.4 Å². The number of hydrogen-bond acceptors (Lipinski definition) is 7. The van der Waals surface area contributed by atoms with Crippen LogP contribution in [0.5, 0.6) is 0 Å². The quantitative estimate of drug-likeness (QED) is 0.237. The van der Waals surface area contributed by atoms with E-state index in [9.17, 15) is 19.2 Å². The molecule has 3 fully saturated rings. The Balaban J connectivity index is 1.02. The van der Waals surface area contributed by atoms with E-state index >= 15 is 0 Å². The SMILES string of the molecule is O=C(NC1(C(=O)N2CCC(c3ccccc3CN3CCCC3=O)CC2)CC1c1ccc(Cl)cc1)c1cc(=O)c2cc(-n3cncn3)ccc2o1. The number of piperidine rings is 1. The molecule has 5 aromatic rings. The summed E-state index contributed by atoms with van der Waals surface area (Å²) in [5, 5.41) is 7.99. The fourth-order valence-electron chi connectivity index (χ4n) is 7.62. The predicted molar refractivity (Wildman–Crippen MR) is 186 cm³/mol. The molecule has 8 rings (SSSR count). The number of rotatable bonds is 8. The van der Waals surface area contributed by atoms with Gasteiger partial charge in [-0.15, -0.1) is 0 Å². The third kappa shape index (κ3) is 5.95. The zero-order valence-corrected chi connectivity index (χ0v) is 28.0. The number of benzene rings is 3. The van der Waals surface area contributed by atoms with E-state index in [0.717, 1.165) is 36.9 Å². The van der Waals surface area contributed by atoms with Crippen LogP contribution in [0.1, 0.15) is 71.2 Å². The van der Waals surface area contributed by atoms with Gasteiger partial charge < -0.3 is 19.5 Å². The van der Waals surface area contributed by atoms with Crippen LogP contribution in [0.15, 0.2) is 94.7 Å². The molecule has 1 aliphatic carbocycles. The van der Waals surface area contributed by atoms with Crippen molar-refractivity contribution in [3.63, 3.8) is 0 Å². The van der Waals surface area contributed by atoms with Crippen molar-refractivity contribution in [1.29, 1.82) is 0 Å². The van der Waals surface area contributed by atoms with Crippen LogP contribution in [-0.4, -0.2) is 67.5 Å². The lowest BCUT2D eigenvalue weighted by atomic mass is 9.86. The second-order valence-electron chi connectivity index (χ2n) is 13.4. The molecule has 0 radical (unpaired) electrons. The van der Waals surface area contributed by atoms with E-state index in [0.29, 0.717) is 48.6 Å². The van der Waals surface area contributed by atoms with Crippen molar-refractivity contribution in [1.82, 2.24) is 29.9 Å². The topological polar surface area (TPSA) is 131 Å². The second-order valence-corrected chi connectivity index (χ2v) is 13.8. The normalized spacial score (nSPS) is 20.7. The van der Waals surface area contributed by atoms with E-state index in [4.69, 9.17) is 16.0 Å². The molecule has 50 heavy (non-hydrogen) atoms. The number of carbonyl (C=O) groups excluding carboxylic acids is 3. The number of halogens is 1. The maximum atomic E-state index is 14.4. The Hall–Kier alpha value is -5.29. The predicted octanol–water partition coefficient (Wildman–Crippen LogP) is 5.21. The smallest absolute Gasteiger partial charge is 0.288 e. The minimum atomic E-state index is -1.20. The van der Waals surface area contributed by atoms with Gasteiger partial charge in [-0.3, -0.25) is 19.2 Å². The lowest BCUT2D eigenvalue weighted by Crippen LogP contribution is -2.53. The van der Waals surface area contributed by atoms with Gasteiger partial charge in [-0.05, 0) is 78.6 Å². The highest BCUT2D eigenvalue weighted by atomic mass is 35.5. The maximum Gasteiger partial charge on any atom is 0.288 e. The molecular formula is C38H35ClN6O5. The summed E-state index contributed by atoms with van der Waals surface area (Å²) >= 11 is 6.17. The van der Waals surface area contributed by atoms with Crippen LogP contribution in [-0.2, 0) is 16.1 Å². The van der Waals surface area contributed by atoms with Crippen LogP contribution >= 0.6 is 11.6 Å². The van der Waals surface area contributed by atoms with Crippen molar-refractivity contribution in [2.45, 2.75) is 56.0 Å². The van der Waals surface area contributed by atoms with Crippen LogP contribution in [0.3, 0.4) is 0 Å². The Morgan fingerprint density at radius 2 is 1.78 bits per heavy atom. The highest BCUT2D eigenvalue weighted by molar-refractivity contribution is 6.30. The lowest BCUT2D eigenvalue weighted by Gasteiger charge is -2.36. The molecule has 1 saturated carbocycles. The third-order valence-corrected chi connectivity index (χ3v) is 10.6. The number of carbonyl (C=O) groups is 3. The van der Waals surface area contributed by atoms with Gasteiger partial charge in [0, 0.05) is 49.6 Å². The summed E-state index contributed by atoms with van der Waals surface area (Å²) in [6, 6.07) is 21.7. The zero-order valence-electron chi connectivity index (χ0n) is 27.3. The summed E-state index contributed by atoms with van der Waals surface area (Å²) in [5.41, 5.74) is 2.57. The van der Waals surface area contributed by atoms with Gasteiger partial charge in [0.25, 0.3) is 5.91 Å². The van der Waals surface area contributed by atoms with Gasteiger partial charge in [0.15, 0.2) is 11.2 Å². The van der Waals surface area contributed by atoms with Gasteiger partial charge in [-0.25, -0.2) is 9.67 Å². The first kappa shape index (κ1) is 31.9. The van der Waals surface area contributed by atoms with Crippen molar-refractivity contribution in [3.05, 3.63) is 123 Å². The van der Waals surface area contributed by atoms with Crippen molar-refractivity contribution in [2.75, 3.05) is 19.6 Å². The maximum absolute atomic E-state index is 14.4. The van der Waals surface area contributed by atoms with Gasteiger partial charge in [0.2, 0.25) is 11.8 Å². The average Bonchev–Trinajstić information content (AvgIpc) is 3.40. The molecule has 3 amide bonds. The van der Waals surface area contributed by atoms with E-state index in [1.54, 1.807) is 30.3 Å². The molecule has 2 atom stereocenters. The number of nitrogens with zero attached hydrogens (tertiary/aromatic N) is 5. The van der Waals surface area contributed by atoms with Gasteiger partial charge >= 0.3 is 0 Å². The molecule has 0 bridgehead atoms. The fraction of sp³-hybridized carbons (Fsp3) is 0.316. The highest BCUT2D eigenvalue weighted by Gasteiger charge is 2.63. The summed E-state index contributed by atoms with van der Waals surface area (Å²) < 4.78 is 7.46. The Bertz CT molecular complexity index is 2160. The first-order valence-corrected chi connectivity index (χ1v) is 17.3. The summed E-state index contributed by atoms with van der Waals surface area (Å²) in [5.74, 6) is -0.772. The summed E-state index contributed by atoms with van der Waals surface area (Å²) in [4.78, 5) is 61.5. The first-order valence-electron chi connectivity index (χ1n) is 16.9. The minimum absolute atomic E-state index is 0.152. The molecule has 2 unspecified atom stereocenters. The molecule has 3 aromatic carbocycles. The number of amides is 3. The number of hydrogen-bond donors (Lipinski definition) is 1. The molecule has 4 heterocycles. The van der Waals surface area contributed by atoms with Gasteiger partial charge in [-0.2, -0.15) is 5.10 Å². The molecule has 0 spiro atoms. The molecule has 2 aromatic heterocycles. The average molecular weight is 691 g/mol. The monoisotopic (exact) mass is 690 g/mol. The molecule has 2 aliphatic heterocycles. The first-order chi connectivity index (χ1) is 24.3. The number of likely N-dealkylation sites (tertiary alicyclic amines) is 2. The Labute approximate surface area is 292 Å². The number of fused-ring (bicyclic) bond motifs is 1. The van der Waals surface area contributed by atoms with Gasteiger partial charge in [-0.1, -0.05) is 48.0 Å². The van der Waals surface area contributed by atoms with Crippen LogP contribution in [0, 0.1) is 0 Å². The molecular weight excluding hydrogens is 656 g/mol. The number of aromatic nitrogens is 3. The summed E-state index contributed by atoms with van der Waals surface area (Å²) in [6.07, 6.45) is 6.37. The molecule has 3 aliphatic rings. The second kappa shape index (κ2) is 12.9. The van der Waals surface area contributed by atoms with E-state index in [1.165, 1.54) is 29.0 Å². The Morgan fingerprint density at radius 3 is 2.52 bits per heavy atom. The Kier molecular flexibility index (Phi) is 8.22. The number of nitrogens with one attached hydrogen (secondary N) is 1. The minimum Gasteiger partial charge on any atom is -0.451 e. The zero-order chi connectivity index (χ0) is 34.4. The van der Waals surface area contributed by atoms with Gasteiger partial charge in [0.05, 0.1) is 11.1 Å². The van der Waals surface area contributed by atoms with Crippen LogP contribution < -0.4 is 10.7 Å². The van der Waals surface area contributed by atoms with Crippen molar-refractivity contribution < 1.29 is 18.8 Å². The van der Waals surface area contributed by atoms with Crippen LogP contribution in [0.2, 0.25) is 5.02 Å². The Morgan fingerprint density at radius 1 is 0.980 bits per heavy atom. The highest BCUT2D eigenvalue weighted by Crippen LogP contribution is 2.53. The molecule has 254 valence electrons. The van der Waals surface area contributed by atoms with Gasteiger partial charge in [0.1, 0.15) is 23.8 Å². The van der Waals surface area contributed by atoms with Crippen molar-refractivity contribution >= 4 is 40.3 Å². The fourth-order valence-corrected chi connectivity index (χ4v) is 7.75. The molecule has 2 saturated heterocycles.